The van der Waals surface area contributed by atoms with Crippen LogP contribution in [0.5, 0.6) is 0 Å². The van der Waals surface area contributed by atoms with Gasteiger partial charge >= 0.3 is 6.18 Å². The van der Waals surface area contributed by atoms with Gasteiger partial charge in [-0.3, -0.25) is 9.59 Å². The highest BCUT2D eigenvalue weighted by Crippen LogP contribution is 2.41. The number of carbonyl (C=O) groups excluding carboxylic acids is 2. The standard InChI is InChI=1S/C21H21F3N2O2S/c1-13-9-10-26(18-12-16(21(22,23)24)5-8-19(18)29-13)20(28)11-15-3-6-17(7-4-15)25-14(2)27/h3-8,12-13H,9-11H2,1-2H3,(H,25,27). The van der Waals surface area contributed by atoms with Crippen LogP contribution >= 0.6 is 11.8 Å². The zero-order chi connectivity index (χ0) is 21.2. The van der Waals surface area contributed by atoms with Gasteiger partial charge in [-0.25, -0.2) is 0 Å². The van der Waals surface area contributed by atoms with E-state index in [-0.39, 0.29) is 23.5 Å². The normalized spacial score (nSPS) is 16.7. The number of fused-ring (bicyclic) bond motifs is 1. The number of hydrogen-bond acceptors (Lipinski definition) is 3. The van der Waals surface area contributed by atoms with E-state index in [0.29, 0.717) is 29.2 Å². The average molecular weight is 422 g/mol. The fourth-order valence-electron chi connectivity index (χ4n) is 3.15. The minimum absolute atomic E-state index is 0.0646. The lowest BCUT2D eigenvalue weighted by Crippen LogP contribution is -2.33. The molecule has 1 aliphatic heterocycles. The number of benzene rings is 2. The van der Waals surface area contributed by atoms with Crippen molar-refractivity contribution in [1.29, 1.82) is 0 Å². The number of rotatable bonds is 3. The molecule has 0 bridgehead atoms. The third-order valence-electron chi connectivity index (χ3n) is 4.60. The van der Waals surface area contributed by atoms with Gasteiger partial charge in [-0.05, 0) is 42.3 Å². The van der Waals surface area contributed by atoms with Crippen molar-refractivity contribution in [2.45, 2.75) is 43.0 Å². The molecule has 0 radical (unpaired) electrons. The first-order valence-corrected chi connectivity index (χ1v) is 10.1. The van der Waals surface area contributed by atoms with Gasteiger partial charge in [0.05, 0.1) is 17.7 Å². The van der Waals surface area contributed by atoms with Crippen LogP contribution in [-0.4, -0.2) is 23.6 Å². The van der Waals surface area contributed by atoms with Crippen molar-refractivity contribution in [3.05, 3.63) is 53.6 Å². The number of thioether (sulfide) groups is 1. The summed E-state index contributed by atoms with van der Waals surface area (Å²) in [6, 6.07) is 10.4. The summed E-state index contributed by atoms with van der Waals surface area (Å²) in [7, 11) is 0. The molecule has 1 N–H and O–H groups in total. The van der Waals surface area contributed by atoms with Crippen LogP contribution in [0.1, 0.15) is 31.4 Å². The van der Waals surface area contributed by atoms with Gasteiger partial charge in [0.25, 0.3) is 0 Å². The number of halogens is 3. The lowest BCUT2D eigenvalue weighted by atomic mass is 10.1. The summed E-state index contributed by atoms with van der Waals surface area (Å²) in [5.41, 5.74) is 0.898. The van der Waals surface area contributed by atoms with Crippen LogP contribution in [0, 0.1) is 0 Å². The highest BCUT2D eigenvalue weighted by Gasteiger charge is 2.33. The molecule has 29 heavy (non-hydrogen) atoms. The lowest BCUT2D eigenvalue weighted by Gasteiger charge is -2.24. The molecule has 0 saturated carbocycles. The van der Waals surface area contributed by atoms with E-state index in [2.05, 4.69) is 5.32 Å². The van der Waals surface area contributed by atoms with Crippen LogP contribution in [0.4, 0.5) is 24.5 Å². The average Bonchev–Trinajstić information content (AvgIpc) is 2.79. The highest BCUT2D eigenvalue weighted by molar-refractivity contribution is 8.00. The van der Waals surface area contributed by atoms with Crippen molar-refractivity contribution in [2.24, 2.45) is 0 Å². The maximum atomic E-state index is 13.2. The van der Waals surface area contributed by atoms with Crippen LogP contribution in [0.15, 0.2) is 47.4 Å². The molecular formula is C21H21F3N2O2S. The van der Waals surface area contributed by atoms with E-state index < -0.39 is 11.7 Å². The van der Waals surface area contributed by atoms with Crippen molar-refractivity contribution in [2.75, 3.05) is 16.8 Å². The van der Waals surface area contributed by atoms with Gasteiger partial charge in [-0.1, -0.05) is 19.1 Å². The van der Waals surface area contributed by atoms with Gasteiger partial charge in [-0.2, -0.15) is 13.2 Å². The molecule has 3 rings (SSSR count). The number of nitrogens with one attached hydrogen (secondary N) is 1. The highest BCUT2D eigenvalue weighted by atomic mass is 32.2. The summed E-state index contributed by atoms with van der Waals surface area (Å²) in [6.07, 6.45) is -3.71. The lowest BCUT2D eigenvalue weighted by molar-refractivity contribution is -0.137. The molecule has 2 aromatic carbocycles. The van der Waals surface area contributed by atoms with E-state index in [1.165, 1.54) is 29.7 Å². The van der Waals surface area contributed by atoms with Crippen LogP contribution in [-0.2, 0) is 22.2 Å². The van der Waals surface area contributed by atoms with Crippen molar-refractivity contribution < 1.29 is 22.8 Å². The largest absolute Gasteiger partial charge is 0.416 e. The Bertz CT molecular complexity index is 913. The van der Waals surface area contributed by atoms with E-state index >= 15 is 0 Å². The first-order chi connectivity index (χ1) is 13.6. The van der Waals surface area contributed by atoms with E-state index in [1.807, 2.05) is 6.92 Å². The number of amides is 2. The van der Waals surface area contributed by atoms with Crippen LogP contribution in [0.25, 0.3) is 0 Å². The van der Waals surface area contributed by atoms with E-state index in [1.54, 1.807) is 24.3 Å². The zero-order valence-corrected chi connectivity index (χ0v) is 16.9. The Morgan fingerprint density at radius 1 is 1.17 bits per heavy atom. The number of nitrogens with zero attached hydrogens (tertiary/aromatic N) is 1. The summed E-state index contributed by atoms with van der Waals surface area (Å²) < 4.78 is 39.6. The zero-order valence-electron chi connectivity index (χ0n) is 16.0. The maximum absolute atomic E-state index is 13.2. The second-order valence-electron chi connectivity index (χ2n) is 7.00. The monoisotopic (exact) mass is 422 g/mol. The van der Waals surface area contributed by atoms with E-state index in [0.717, 1.165) is 17.7 Å². The quantitative estimate of drug-likeness (QED) is 0.747. The summed E-state index contributed by atoms with van der Waals surface area (Å²) in [4.78, 5) is 26.2. The molecular weight excluding hydrogens is 401 g/mol. The fraction of sp³-hybridized carbons (Fsp3) is 0.333. The Balaban J connectivity index is 1.85. The topological polar surface area (TPSA) is 49.4 Å². The van der Waals surface area contributed by atoms with Crippen molar-refractivity contribution in [1.82, 2.24) is 0 Å². The molecule has 1 unspecified atom stereocenters. The number of alkyl halides is 3. The van der Waals surface area contributed by atoms with Crippen LogP contribution < -0.4 is 10.2 Å². The fourth-order valence-corrected chi connectivity index (χ4v) is 4.24. The third-order valence-corrected chi connectivity index (χ3v) is 5.83. The Kier molecular flexibility index (Phi) is 6.21. The predicted molar refractivity (Wildman–Crippen MR) is 108 cm³/mol. The maximum Gasteiger partial charge on any atom is 0.416 e. The Morgan fingerprint density at radius 2 is 1.86 bits per heavy atom. The molecule has 0 aliphatic carbocycles. The van der Waals surface area contributed by atoms with Gasteiger partial charge in [0.2, 0.25) is 11.8 Å². The molecule has 4 nitrogen and oxygen atoms in total. The summed E-state index contributed by atoms with van der Waals surface area (Å²) in [5, 5.41) is 2.85. The van der Waals surface area contributed by atoms with Crippen LogP contribution in [0.2, 0.25) is 0 Å². The molecule has 0 fully saturated rings. The molecule has 8 heteroatoms. The van der Waals surface area contributed by atoms with Crippen molar-refractivity contribution in [3.63, 3.8) is 0 Å². The molecule has 0 spiro atoms. The molecule has 1 aliphatic rings. The predicted octanol–water partition coefficient (Wildman–Crippen LogP) is 5.12. The van der Waals surface area contributed by atoms with Gasteiger partial charge in [0.15, 0.2) is 0 Å². The summed E-state index contributed by atoms with van der Waals surface area (Å²) >= 11 is 1.49. The summed E-state index contributed by atoms with van der Waals surface area (Å²) in [5.74, 6) is -0.449. The summed E-state index contributed by atoms with van der Waals surface area (Å²) in [6.45, 7) is 3.77. The van der Waals surface area contributed by atoms with Gasteiger partial charge < -0.3 is 10.2 Å². The molecule has 0 aromatic heterocycles. The Morgan fingerprint density at radius 3 is 2.48 bits per heavy atom. The number of anilines is 2. The Labute approximate surface area is 171 Å². The minimum atomic E-state index is -4.47. The van der Waals surface area contributed by atoms with E-state index in [4.69, 9.17) is 0 Å². The first kappa shape index (κ1) is 21.2. The molecule has 154 valence electrons. The van der Waals surface area contributed by atoms with Gasteiger partial charge in [0, 0.05) is 29.3 Å². The molecule has 2 amide bonds. The van der Waals surface area contributed by atoms with Crippen molar-refractivity contribution >= 4 is 35.0 Å². The van der Waals surface area contributed by atoms with E-state index in [9.17, 15) is 22.8 Å². The van der Waals surface area contributed by atoms with Gasteiger partial charge in [0.1, 0.15) is 0 Å². The SMILES string of the molecule is CC(=O)Nc1ccc(CC(=O)N2CCC(C)Sc3ccc(C(F)(F)F)cc32)cc1. The van der Waals surface area contributed by atoms with Crippen molar-refractivity contribution in [3.8, 4) is 0 Å². The second-order valence-corrected chi connectivity index (χ2v) is 8.48. The Hall–Kier alpha value is -2.48. The minimum Gasteiger partial charge on any atom is -0.326 e. The number of hydrogen-bond donors (Lipinski definition) is 1. The molecule has 1 heterocycles. The van der Waals surface area contributed by atoms with Gasteiger partial charge in [-0.15, -0.1) is 11.8 Å². The van der Waals surface area contributed by atoms with Crippen LogP contribution in [0.3, 0.4) is 0 Å². The number of carbonyl (C=O) groups is 2. The second kappa shape index (κ2) is 8.49. The molecule has 1 atom stereocenters. The molecule has 0 saturated heterocycles. The molecule has 2 aromatic rings. The first-order valence-electron chi connectivity index (χ1n) is 9.18. The third kappa shape index (κ3) is 5.32. The smallest absolute Gasteiger partial charge is 0.326 e.